The SMILES string of the molecule is Cn1c(-c2cc[nH]c(=O)c2)nnc1N1CCCC1c1cc(-c2cccc(F)c2)on1. The Kier molecular flexibility index (Phi) is 4.42. The molecule has 152 valence electrons. The maximum Gasteiger partial charge on any atom is 0.248 e. The number of H-pyrrole nitrogens is 1. The second kappa shape index (κ2) is 7.25. The van der Waals surface area contributed by atoms with Crippen LogP contribution in [0, 0.1) is 5.82 Å². The molecule has 4 heterocycles. The van der Waals surface area contributed by atoms with Crippen molar-refractivity contribution in [2.45, 2.75) is 18.9 Å². The van der Waals surface area contributed by atoms with Gasteiger partial charge in [0.2, 0.25) is 11.5 Å². The Bertz CT molecular complexity index is 1260. The van der Waals surface area contributed by atoms with E-state index in [1.807, 2.05) is 17.7 Å². The number of aromatic nitrogens is 5. The summed E-state index contributed by atoms with van der Waals surface area (Å²) in [6.07, 6.45) is 3.45. The summed E-state index contributed by atoms with van der Waals surface area (Å²) in [6.45, 7) is 0.800. The molecule has 0 radical (unpaired) electrons. The topological polar surface area (TPSA) is 92.8 Å². The Balaban J connectivity index is 1.46. The molecule has 9 heteroatoms. The van der Waals surface area contributed by atoms with Gasteiger partial charge in [0.15, 0.2) is 11.6 Å². The van der Waals surface area contributed by atoms with E-state index in [0.717, 1.165) is 25.1 Å². The normalized spacial score (nSPS) is 16.3. The zero-order valence-electron chi connectivity index (χ0n) is 16.2. The van der Waals surface area contributed by atoms with Gasteiger partial charge in [0.25, 0.3) is 0 Å². The molecular formula is C21H19FN6O2. The maximum atomic E-state index is 13.5. The Labute approximate surface area is 171 Å². The molecule has 8 nitrogen and oxygen atoms in total. The molecule has 0 aliphatic carbocycles. The molecule has 3 aromatic heterocycles. The number of benzene rings is 1. The van der Waals surface area contributed by atoms with Gasteiger partial charge >= 0.3 is 0 Å². The Morgan fingerprint density at radius 2 is 2.07 bits per heavy atom. The van der Waals surface area contributed by atoms with Crippen molar-refractivity contribution in [2.24, 2.45) is 7.05 Å². The van der Waals surface area contributed by atoms with Gasteiger partial charge in [-0.25, -0.2) is 4.39 Å². The summed E-state index contributed by atoms with van der Waals surface area (Å²) in [5.74, 6) is 1.52. The monoisotopic (exact) mass is 406 g/mol. The van der Waals surface area contributed by atoms with Crippen LogP contribution in [0.4, 0.5) is 10.3 Å². The lowest BCUT2D eigenvalue weighted by Crippen LogP contribution is -2.25. The first-order chi connectivity index (χ1) is 14.6. The van der Waals surface area contributed by atoms with Crippen LogP contribution in [0.1, 0.15) is 24.6 Å². The molecule has 1 aliphatic heterocycles. The number of nitrogens with zero attached hydrogens (tertiary/aromatic N) is 5. The highest BCUT2D eigenvalue weighted by atomic mass is 19.1. The molecule has 1 atom stereocenters. The fourth-order valence-corrected chi connectivity index (χ4v) is 3.94. The standard InChI is InChI=1S/C21H19FN6O2/c1-27-20(14-7-8-23-19(29)11-14)24-25-21(27)28-9-3-6-17(28)16-12-18(30-26-16)13-4-2-5-15(22)10-13/h2,4-5,7-8,10-12,17H,3,6,9H2,1H3,(H,23,29). The van der Waals surface area contributed by atoms with E-state index in [1.54, 1.807) is 24.4 Å². The summed E-state index contributed by atoms with van der Waals surface area (Å²) in [5, 5.41) is 12.9. The lowest BCUT2D eigenvalue weighted by molar-refractivity contribution is 0.415. The third kappa shape index (κ3) is 3.18. The molecule has 0 bridgehead atoms. The van der Waals surface area contributed by atoms with E-state index in [9.17, 15) is 9.18 Å². The van der Waals surface area contributed by atoms with E-state index in [4.69, 9.17) is 4.52 Å². The fourth-order valence-electron chi connectivity index (χ4n) is 3.94. The van der Waals surface area contributed by atoms with Gasteiger partial charge in [-0.1, -0.05) is 17.3 Å². The van der Waals surface area contributed by atoms with Crippen molar-refractivity contribution in [1.29, 1.82) is 0 Å². The van der Waals surface area contributed by atoms with Crippen molar-refractivity contribution >= 4 is 5.95 Å². The van der Waals surface area contributed by atoms with E-state index < -0.39 is 0 Å². The first-order valence-corrected chi connectivity index (χ1v) is 9.68. The van der Waals surface area contributed by atoms with Crippen LogP contribution in [0.15, 0.2) is 58.0 Å². The van der Waals surface area contributed by atoms with E-state index in [2.05, 4.69) is 25.2 Å². The minimum atomic E-state index is -0.320. The minimum Gasteiger partial charge on any atom is -0.356 e. The molecule has 1 aromatic carbocycles. The van der Waals surface area contributed by atoms with Crippen LogP contribution in [0.25, 0.3) is 22.7 Å². The Hall–Kier alpha value is -3.75. The van der Waals surface area contributed by atoms with Crippen LogP contribution in [-0.4, -0.2) is 31.4 Å². The number of aromatic amines is 1. The zero-order valence-corrected chi connectivity index (χ0v) is 16.2. The summed E-state index contributed by atoms with van der Waals surface area (Å²) >= 11 is 0. The molecule has 4 aromatic rings. The molecule has 1 aliphatic rings. The number of anilines is 1. The quantitative estimate of drug-likeness (QED) is 0.559. The second-order valence-electron chi connectivity index (χ2n) is 7.30. The van der Waals surface area contributed by atoms with Crippen molar-refractivity contribution in [2.75, 3.05) is 11.4 Å². The highest BCUT2D eigenvalue weighted by molar-refractivity contribution is 5.59. The second-order valence-corrected chi connectivity index (χ2v) is 7.30. The van der Waals surface area contributed by atoms with Crippen molar-refractivity contribution in [3.8, 4) is 22.7 Å². The van der Waals surface area contributed by atoms with Crippen molar-refractivity contribution in [3.05, 3.63) is 70.5 Å². The van der Waals surface area contributed by atoms with Crippen LogP contribution in [0.2, 0.25) is 0 Å². The molecule has 0 saturated carbocycles. The molecule has 0 spiro atoms. The average molecular weight is 406 g/mol. The van der Waals surface area contributed by atoms with Gasteiger partial charge in [0, 0.05) is 43.0 Å². The number of halogens is 1. The zero-order chi connectivity index (χ0) is 20.7. The maximum absolute atomic E-state index is 13.5. The number of pyridine rings is 1. The summed E-state index contributed by atoms with van der Waals surface area (Å²) in [5.41, 5.74) is 1.93. The molecule has 30 heavy (non-hydrogen) atoms. The van der Waals surface area contributed by atoms with Crippen molar-refractivity contribution in [1.82, 2.24) is 24.9 Å². The van der Waals surface area contributed by atoms with Crippen molar-refractivity contribution < 1.29 is 8.91 Å². The predicted molar refractivity (Wildman–Crippen MR) is 108 cm³/mol. The highest BCUT2D eigenvalue weighted by Gasteiger charge is 2.32. The average Bonchev–Trinajstić information content (AvgIpc) is 3.47. The first kappa shape index (κ1) is 18.3. The van der Waals surface area contributed by atoms with Gasteiger partial charge in [-0.05, 0) is 31.0 Å². The number of hydrogen-bond donors (Lipinski definition) is 1. The van der Waals surface area contributed by atoms with E-state index in [0.29, 0.717) is 28.7 Å². The number of hydrogen-bond acceptors (Lipinski definition) is 6. The van der Waals surface area contributed by atoms with Crippen LogP contribution in [-0.2, 0) is 7.05 Å². The largest absolute Gasteiger partial charge is 0.356 e. The molecule has 1 unspecified atom stereocenters. The van der Waals surface area contributed by atoms with E-state index in [-0.39, 0.29) is 17.4 Å². The van der Waals surface area contributed by atoms with Crippen molar-refractivity contribution in [3.63, 3.8) is 0 Å². The third-order valence-electron chi connectivity index (χ3n) is 5.37. The third-order valence-corrected chi connectivity index (χ3v) is 5.37. The van der Waals surface area contributed by atoms with Gasteiger partial charge in [-0.15, -0.1) is 10.2 Å². The molecule has 5 rings (SSSR count). The van der Waals surface area contributed by atoms with Crippen LogP contribution in [0.3, 0.4) is 0 Å². The van der Waals surface area contributed by atoms with E-state index >= 15 is 0 Å². The van der Waals surface area contributed by atoms with Crippen LogP contribution in [0.5, 0.6) is 0 Å². The highest BCUT2D eigenvalue weighted by Crippen LogP contribution is 2.37. The smallest absolute Gasteiger partial charge is 0.248 e. The van der Waals surface area contributed by atoms with Gasteiger partial charge in [-0.3, -0.25) is 9.36 Å². The van der Waals surface area contributed by atoms with E-state index in [1.165, 1.54) is 18.2 Å². The van der Waals surface area contributed by atoms with Gasteiger partial charge in [-0.2, -0.15) is 0 Å². The van der Waals surface area contributed by atoms with Gasteiger partial charge in [0.05, 0.1) is 6.04 Å². The molecule has 1 N–H and O–H groups in total. The summed E-state index contributed by atoms with van der Waals surface area (Å²) in [4.78, 5) is 16.4. The van der Waals surface area contributed by atoms with Gasteiger partial charge < -0.3 is 14.4 Å². The summed E-state index contributed by atoms with van der Waals surface area (Å²) in [6, 6.07) is 11.4. The molecule has 1 fully saturated rings. The molecule has 0 amide bonds. The van der Waals surface area contributed by atoms with Gasteiger partial charge in [0.1, 0.15) is 11.5 Å². The van der Waals surface area contributed by atoms with Crippen LogP contribution < -0.4 is 10.5 Å². The number of nitrogens with one attached hydrogen (secondary N) is 1. The molecule has 1 saturated heterocycles. The predicted octanol–water partition coefficient (Wildman–Crippen LogP) is 3.31. The summed E-state index contributed by atoms with van der Waals surface area (Å²) in [7, 11) is 1.88. The molecular weight excluding hydrogens is 387 g/mol. The Morgan fingerprint density at radius 1 is 1.17 bits per heavy atom. The summed E-state index contributed by atoms with van der Waals surface area (Å²) < 4.78 is 20.9. The lowest BCUT2D eigenvalue weighted by atomic mass is 10.1. The van der Waals surface area contributed by atoms with Crippen LogP contribution >= 0.6 is 0 Å². The fraction of sp³-hybridized carbons (Fsp3) is 0.238. The Morgan fingerprint density at radius 3 is 2.90 bits per heavy atom. The number of rotatable bonds is 4. The lowest BCUT2D eigenvalue weighted by Gasteiger charge is -2.23. The first-order valence-electron chi connectivity index (χ1n) is 9.68. The minimum absolute atomic E-state index is 0.0222.